The number of benzene rings is 1. The van der Waals surface area contributed by atoms with Gasteiger partial charge < -0.3 is 4.42 Å². The van der Waals surface area contributed by atoms with Crippen molar-refractivity contribution in [2.24, 2.45) is 0 Å². The highest BCUT2D eigenvalue weighted by molar-refractivity contribution is 5.97. The van der Waals surface area contributed by atoms with Crippen molar-refractivity contribution in [2.45, 2.75) is 6.42 Å². The van der Waals surface area contributed by atoms with E-state index in [1.165, 1.54) is 18.4 Å². The summed E-state index contributed by atoms with van der Waals surface area (Å²) in [6.07, 6.45) is 0.604. The SMILES string of the molecule is O=C(Cc1ccco1)c1c(F)c(F)c(F)c(F)c1F. The first-order valence-corrected chi connectivity index (χ1v) is 5.00. The molecule has 0 amide bonds. The molecule has 0 aliphatic heterocycles. The Kier molecular flexibility index (Phi) is 3.37. The lowest BCUT2D eigenvalue weighted by atomic mass is 10.0. The summed E-state index contributed by atoms with van der Waals surface area (Å²) < 4.78 is 70.0. The molecule has 100 valence electrons. The number of halogens is 5. The van der Waals surface area contributed by atoms with Crippen LogP contribution in [0.4, 0.5) is 22.0 Å². The maximum atomic E-state index is 13.3. The summed E-state index contributed by atoms with van der Waals surface area (Å²) in [7, 11) is 0. The first kappa shape index (κ1) is 13.3. The van der Waals surface area contributed by atoms with Gasteiger partial charge >= 0.3 is 0 Å². The summed E-state index contributed by atoms with van der Waals surface area (Å²) in [6.45, 7) is 0. The Labute approximate surface area is 103 Å². The highest BCUT2D eigenvalue weighted by Gasteiger charge is 2.29. The van der Waals surface area contributed by atoms with Crippen molar-refractivity contribution in [1.29, 1.82) is 0 Å². The van der Waals surface area contributed by atoms with Gasteiger partial charge in [0, 0.05) is 0 Å². The molecule has 19 heavy (non-hydrogen) atoms. The average Bonchev–Trinajstić information content (AvgIpc) is 2.87. The van der Waals surface area contributed by atoms with E-state index in [0.29, 0.717) is 0 Å². The Balaban J connectivity index is 2.48. The van der Waals surface area contributed by atoms with Crippen LogP contribution in [0.2, 0.25) is 0 Å². The Hall–Kier alpha value is -2.18. The molecule has 0 N–H and O–H groups in total. The molecule has 7 heteroatoms. The van der Waals surface area contributed by atoms with Crippen LogP contribution in [0.3, 0.4) is 0 Å². The standard InChI is InChI=1S/C12H5F5O2/c13-8-7(6(18)4-5-2-1-3-19-5)9(14)11(16)12(17)10(8)15/h1-3H,4H2. The largest absolute Gasteiger partial charge is 0.469 e. The van der Waals surface area contributed by atoms with Crippen molar-refractivity contribution in [1.82, 2.24) is 0 Å². The highest BCUT2D eigenvalue weighted by Crippen LogP contribution is 2.24. The fourth-order valence-corrected chi connectivity index (χ4v) is 1.51. The number of ketones is 1. The van der Waals surface area contributed by atoms with Crippen LogP contribution < -0.4 is 0 Å². The third kappa shape index (κ3) is 2.23. The zero-order chi connectivity index (χ0) is 14.2. The molecule has 1 aromatic heterocycles. The lowest BCUT2D eigenvalue weighted by Gasteiger charge is -2.06. The molecule has 0 radical (unpaired) electrons. The van der Waals surface area contributed by atoms with Crippen LogP contribution in [0.1, 0.15) is 16.1 Å². The molecular weight excluding hydrogens is 271 g/mol. The molecule has 0 bridgehead atoms. The van der Waals surface area contributed by atoms with E-state index in [0.717, 1.165) is 0 Å². The van der Waals surface area contributed by atoms with Gasteiger partial charge in [0.1, 0.15) is 5.76 Å². The van der Waals surface area contributed by atoms with E-state index in [1.54, 1.807) is 0 Å². The van der Waals surface area contributed by atoms with Crippen LogP contribution in [0.15, 0.2) is 22.8 Å². The van der Waals surface area contributed by atoms with E-state index >= 15 is 0 Å². The number of furan rings is 1. The highest BCUT2D eigenvalue weighted by atomic mass is 19.2. The van der Waals surface area contributed by atoms with Crippen molar-refractivity contribution in [3.05, 3.63) is 58.8 Å². The van der Waals surface area contributed by atoms with E-state index < -0.39 is 46.9 Å². The van der Waals surface area contributed by atoms with Gasteiger partial charge in [0.2, 0.25) is 5.82 Å². The zero-order valence-electron chi connectivity index (χ0n) is 9.15. The van der Waals surface area contributed by atoms with E-state index in [2.05, 4.69) is 0 Å². The first-order valence-electron chi connectivity index (χ1n) is 5.00. The number of hydrogen-bond donors (Lipinski definition) is 0. The second-order valence-corrected chi connectivity index (χ2v) is 3.62. The maximum Gasteiger partial charge on any atom is 0.200 e. The van der Waals surface area contributed by atoms with Crippen molar-refractivity contribution < 1.29 is 31.2 Å². The van der Waals surface area contributed by atoms with Gasteiger partial charge in [0.25, 0.3) is 0 Å². The first-order chi connectivity index (χ1) is 8.93. The van der Waals surface area contributed by atoms with E-state index in [9.17, 15) is 26.7 Å². The zero-order valence-corrected chi connectivity index (χ0v) is 9.15. The molecule has 0 aliphatic carbocycles. The summed E-state index contributed by atoms with van der Waals surface area (Å²) >= 11 is 0. The van der Waals surface area contributed by atoms with Crippen molar-refractivity contribution in [2.75, 3.05) is 0 Å². The Morgan fingerprint density at radius 1 is 0.947 bits per heavy atom. The number of hydrogen-bond acceptors (Lipinski definition) is 2. The predicted molar refractivity (Wildman–Crippen MR) is 53.0 cm³/mol. The van der Waals surface area contributed by atoms with Gasteiger partial charge in [0.15, 0.2) is 29.1 Å². The summed E-state index contributed by atoms with van der Waals surface area (Å²) in [5.41, 5.74) is -1.46. The molecule has 2 aromatic rings. The van der Waals surface area contributed by atoms with Gasteiger partial charge in [-0.25, -0.2) is 22.0 Å². The summed E-state index contributed by atoms with van der Waals surface area (Å²) in [5, 5.41) is 0. The van der Waals surface area contributed by atoms with Gasteiger partial charge in [-0.2, -0.15) is 0 Å². The molecule has 0 atom stereocenters. The summed E-state index contributed by atoms with van der Waals surface area (Å²) in [5.74, 6) is -12.1. The van der Waals surface area contributed by atoms with Crippen LogP contribution in [0, 0.1) is 29.1 Å². The van der Waals surface area contributed by atoms with Crippen LogP contribution in [0.25, 0.3) is 0 Å². The minimum atomic E-state index is -2.30. The third-order valence-electron chi connectivity index (χ3n) is 2.40. The van der Waals surface area contributed by atoms with Crippen molar-refractivity contribution in [3.8, 4) is 0 Å². The normalized spacial score (nSPS) is 10.8. The van der Waals surface area contributed by atoms with Gasteiger partial charge in [-0.05, 0) is 12.1 Å². The smallest absolute Gasteiger partial charge is 0.200 e. The molecule has 0 aliphatic rings. The maximum absolute atomic E-state index is 13.3. The Morgan fingerprint density at radius 3 is 1.95 bits per heavy atom. The molecular formula is C12H5F5O2. The predicted octanol–water partition coefficient (Wildman–Crippen LogP) is 3.40. The summed E-state index contributed by atoms with van der Waals surface area (Å²) in [6, 6.07) is 2.76. The minimum Gasteiger partial charge on any atom is -0.469 e. The van der Waals surface area contributed by atoms with Crippen molar-refractivity contribution in [3.63, 3.8) is 0 Å². The van der Waals surface area contributed by atoms with Crippen LogP contribution >= 0.6 is 0 Å². The topological polar surface area (TPSA) is 30.2 Å². The molecule has 2 nitrogen and oxygen atoms in total. The fraction of sp³-hybridized carbons (Fsp3) is 0.0833. The number of carbonyl (C=O) groups excluding carboxylic acids is 1. The van der Waals surface area contributed by atoms with Gasteiger partial charge in [0.05, 0.1) is 18.2 Å². The molecule has 0 fully saturated rings. The summed E-state index contributed by atoms with van der Waals surface area (Å²) in [4.78, 5) is 11.6. The Bertz CT molecular complexity index is 605. The second kappa shape index (κ2) is 4.83. The fourth-order valence-electron chi connectivity index (χ4n) is 1.51. The van der Waals surface area contributed by atoms with E-state index in [-0.39, 0.29) is 5.76 Å². The van der Waals surface area contributed by atoms with E-state index in [4.69, 9.17) is 4.42 Å². The quantitative estimate of drug-likeness (QED) is 0.372. The minimum absolute atomic E-state index is 0.0499. The molecule has 0 saturated heterocycles. The van der Waals surface area contributed by atoms with Crippen LogP contribution in [-0.4, -0.2) is 5.78 Å². The average molecular weight is 276 g/mol. The molecule has 1 aromatic carbocycles. The van der Waals surface area contributed by atoms with Crippen LogP contribution in [-0.2, 0) is 6.42 Å². The third-order valence-corrected chi connectivity index (χ3v) is 2.40. The number of Topliss-reactive ketones (excluding diaryl/α,β-unsaturated/α-hetero) is 1. The Morgan fingerprint density at radius 2 is 1.47 bits per heavy atom. The number of carbonyl (C=O) groups is 1. The molecule has 0 saturated carbocycles. The second-order valence-electron chi connectivity index (χ2n) is 3.62. The monoisotopic (exact) mass is 276 g/mol. The van der Waals surface area contributed by atoms with Gasteiger partial charge in [-0.3, -0.25) is 4.79 Å². The molecule has 1 heterocycles. The molecule has 0 spiro atoms. The van der Waals surface area contributed by atoms with Crippen molar-refractivity contribution >= 4 is 5.78 Å². The molecule has 2 rings (SSSR count). The van der Waals surface area contributed by atoms with Gasteiger partial charge in [-0.1, -0.05) is 0 Å². The molecule has 0 unspecified atom stereocenters. The van der Waals surface area contributed by atoms with Gasteiger partial charge in [-0.15, -0.1) is 0 Å². The number of rotatable bonds is 3. The van der Waals surface area contributed by atoms with E-state index in [1.807, 2.05) is 0 Å². The van der Waals surface area contributed by atoms with Crippen LogP contribution in [0.5, 0.6) is 0 Å². The lowest BCUT2D eigenvalue weighted by Crippen LogP contribution is -2.14. The lowest BCUT2D eigenvalue weighted by molar-refractivity contribution is 0.0975.